The molecule has 3 rings (SSSR count). The Bertz CT molecular complexity index is 402. The van der Waals surface area contributed by atoms with Crippen molar-refractivity contribution in [1.82, 2.24) is 10.2 Å². The smallest absolute Gasteiger partial charge is 0.317 e. The number of carboxylic acids is 1. The third-order valence-corrected chi connectivity index (χ3v) is 5.23. The lowest BCUT2D eigenvalue weighted by atomic mass is 9.99. The highest BCUT2D eigenvalue weighted by molar-refractivity contribution is 5.76. The number of nitrogens with zero attached hydrogens (tertiary/aromatic N) is 1. The van der Waals surface area contributed by atoms with Gasteiger partial charge >= 0.3 is 12.0 Å². The van der Waals surface area contributed by atoms with Crippen LogP contribution in [0.2, 0.25) is 0 Å². The monoisotopic (exact) mass is 280 g/mol. The Kier molecular flexibility index (Phi) is 3.61. The van der Waals surface area contributed by atoms with Crippen LogP contribution >= 0.6 is 0 Å². The van der Waals surface area contributed by atoms with Gasteiger partial charge in [0.15, 0.2) is 0 Å². The van der Waals surface area contributed by atoms with Gasteiger partial charge < -0.3 is 15.3 Å². The van der Waals surface area contributed by atoms with E-state index in [9.17, 15) is 9.59 Å². The summed E-state index contributed by atoms with van der Waals surface area (Å²) < 4.78 is 0. The van der Waals surface area contributed by atoms with Crippen molar-refractivity contribution in [1.29, 1.82) is 0 Å². The highest BCUT2D eigenvalue weighted by Crippen LogP contribution is 2.60. The van der Waals surface area contributed by atoms with Crippen molar-refractivity contribution >= 4 is 12.0 Å². The van der Waals surface area contributed by atoms with Crippen molar-refractivity contribution in [3.05, 3.63) is 0 Å². The van der Waals surface area contributed by atoms with Gasteiger partial charge in [-0.25, -0.2) is 4.79 Å². The molecule has 112 valence electrons. The van der Waals surface area contributed by atoms with Crippen LogP contribution in [-0.2, 0) is 4.79 Å². The van der Waals surface area contributed by atoms with Gasteiger partial charge in [0.2, 0.25) is 0 Å². The van der Waals surface area contributed by atoms with E-state index in [2.05, 4.69) is 5.32 Å². The lowest BCUT2D eigenvalue weighted by molar-refractivity contribution is -0.138. The first-order valence-electron chi connectivity index (χ1n) is 7.87. The number of aliphatic carboxylic acids is 1. The summed E-state index contributed by atoms with van der Waals surface area (Å²) in [5, 5.41) is 12.0. The summed E-state index contributed by atoms with van der Waals surface area (Å²) in [6.45, 7) is 1.48. The lowest BCUT2D eigenvalue weighted by Crippen LogP contribution is -2.50. The number of carbonyl (C=O) groups excluding carboxylic acids is 1. The van der Waals surface area contributed by atoms with Gasteiger partial charge in [-0.1, -0.05) is 0 Å². The van der Waals surface area contributed by atoms with E-state index in [-0.39, 0.29) is 18.5 Å². The number of hydrogen-bond acceptors (Lipinski definition) is 2. The second-order valence-electron chi connectivity index (χ2n) is 6.74. The number of piperidine rings is 1. The van der Waals surface area contributed by atoms with E-state index in [1.165, 1.54) is 25.7 Å². The molecule has 1 atom stereocenters. The topological polar surface area (TPSA) is 69.6 Å². The summed E-state index contributed by atoms with van der Waals surface area (Å²) in [5.41, 5.74) is 0.397. The minimum atomic E-state index is -0.814. The molecule has 2 aliphatic carbocycles. The van der Waals surface area contributed by atoms with Crippen LogP contribution in [0.15, 0.2) is 0 Å². The Balaban J connectivity index is 1.52. The van der Waals surface area contributed by atoms with Crippen LogP contribution < -0.4 is 5.32 Å². The fraction of sp³-hybridized carbons (Fsp3) is 0.867. The molecule has 1 aliphatic heterocycles. The van der Waals surface area contributed by atoms with Gasteiger partial charge in [-0.2, -0.15) is 0 Å². The summed E-state index contributed by atoms with van der Waals surface area (Å²) in [6.07, 6.45) is 8.02. The number of rotatable bonds is 5. The predicted molar refractivity (Wildman–Crippen MR) is 74.4 cm³/mol. The van der Waals surface area contributed by atoms with Crippen molar-refractivity contribution in [3.63, 3.8) is 0 Å². The molecule has 1 saturated heterocycles. The molecule has 20 heavy (non-hydrogen) atoms. The number of carbonyl (C=O) groups is 2. The number of amides is 2. The van der Waals surface area contributed by atoms with E-state index >= 15 is 0 Å². The number of nitrogens with one attached hydrogen (secondary N) is 1. The minimum absolute atomic E-state index is 0.0529. The molecule has 5 heteroatoms. The highest BCUT2D eigenvalue weighted by atomic mass is 16.4. The zero-order valence-corrected chi connectivity index (χ0v) is 11.9. The third kappa shape index (κ3) is 2.91. The molecular formula is C15H24N2O3. The Hall–Kier alpha value is -1.26. The van der Waals surface area contributed by atoms with Gasteiger partial charge in [0.1, 0.15) is 0 Å². The van der Waals surface area contributed by atoms with Crippen molar-refractivity contribution in [2.75, 3.05) is 13.1 Å². The van der Waals surface area contributed by atoms with Gasteiger partial charge in [0.25, 0.3) is 0 Å². The van der Waals surface area contributed by atoms with Gasteiger partial charge in [0, 0.05) is 19.1 Å². The second kappa shape index (κ2) is 5.26. The second-order valence-corrected chi connectivity index (χ2v) is 6.74. The molecule has 0 aromatic carbocycles. The summed E-state index contributed by atoms with van der Waals surface area (Å²) in [5.74, 6) is 0.0188. The predicted octanol–water partition coefficient (Wildman–Crippen LogP) is 2.22. The Morgan fingerprint density at radius 2 is 1.95 bits per heavy atom. The lowest BCUT2D eigenvalue weighted by Gasteiger charge is -2.35. The molecule has 0 aromatic heterocycles. The van der Waals surface area contributed by atoms with Crippen molar-refractivity contribution in [3.8, 4) is 0 Å². The normalized spacial score (nSPS) is 28.0. The summed E-state index contributed by atoms with van der Waals surface area (Å²) in [6, 6.07) is -0.180. The van der Waals surface area contributed by atoms with E-state index < -0.39 is 5.97 Å². The Morgan fingerprint density at radius 3 is 2.55 bits per heavy atom. The fourth-order valence-corrected chi connectivity index (χ4v) is 3.62. The van der Waals surface area contributed by atoms with Crippen molar-refractivity contribution in [2.24, 2.45) is 11.3 Å². The van der Waals surface area contributed by atoms with Gasteiger partial charge in [0.05, 0.1) is 6.42 Å². The van der Waals surface area contributed by atoms with E-state index in [1.807, 2.05) is 0 Å². The van der Waals surface area contributed by atoms with Crippen LogP contribution in [0.5, 0.6) is 0 Å². The zero-order valence-electron chi connectivity index (χ0n) is 11.9. The maximum Gasteiger partial charge on any atom is 0.317 e. The SMILES string of the molecule is O=C(O)CC1CCCCN1C(=O)NCC1(C2CC2)CC1. The average Bonchev–Trinajstić information content (AvgIpc) is 3.27. The number of carboxylic acid groups (broad SMARTS) is 1. The van der Waals surface area contributed by atoms with Crippen LogP contribution in [0.25, 0.3) is 0 Å². The highest BCUT2D eigenvalue weighted by Gasteiger charge is 2.53. The van der Waals surface area contributed by atoms with E-state index in [0.29, 0.717) is 12.0 Å². The molecule has 2 saturated carbocycles. The van der Waals surface area contributed by atoms with Gasteiger partial charge in [-0.05, 0) is 56.3 Å². The largest absolute Gasteiger partial charge is 0.481 e. The molecular weight excluding hydrogens is 256 g/mol. The molecule has 3 aliphatic rings. The molecule has 3 fully saturated rings. The maximum absolute atomic E-state index is 12.3. The molecule has 2 N–H and O–H groups in total. The molecule has 1 unspecified atom stereocenters. The van der Waals surface area contributed by atoms with Crippen molar-refractivity contribution in [2.45, 2.75) is 57.4 Å². The van der Waals surface area contributed by atoms with Crippen molar-refractivity contribution < 1.29 is 14.7 Å². The van der Waals surface area contributed by atoms with Crippen LogP contribution in [-0.4, -0.2) is 41.1 Å². The van der Waals surface area contributed by atoms with E-state index in [0.717, 1.165) is 31.7 Å². The molecule has 0 spiro atoms. The minimum Gasteiger partial charge on any atom is -0.481 e. The zero-order chi connectivity index (χ0) is 14.2. The number of likely N-dealkylation sites (tertiary alicyclic amines) is 1. The standard InChI is InChI=1S/C15H24N2O3/c18-13(19)9-12-3-1-2-8-17(12)14(20)16-10-15(6-7-15)11-4-5-11/h11-12H,1-10H2,(H,16,20)(H,18,19). The van der Waals surface area contributed by atoms with E-state index in [1.54, 1.807) is 4.90 Å². The first-order chi connectivity index (χ1) is 9.61. The third-order valence-electron chi connectivity index (χ3n) is 5.23. The number of hydrogen-bond donors (Lipinski definition) is 2. The van der Waals surface area contributed by atoms with E-state index in [4.69, 9.17) is 5.11 Å². The van der Waals surface area contributed by atoms with Crippen LogP contribution in [0.4, 0.5) is 4.79 Å². The Labute approximate surface area is 119 Å². The maximum atomic E-state index is 12.3. The molecule has 2 amide bonds. The first kappa shape index (κ1) is 13.7. The van der Waals surface area contributed by atoms with Crippen LogP contribution in [0.1, 0.15) is 51.4 Å². The molecule has 0 radical (unpaired) electrons. The quantitative estimate of drug-likeness (QED) is 0.811. The molecule has 0 bridgehead atoms. The molecule has 5 nitrogen and oxygen atoms in total. The summed E-state index contributed by atoms with van der Waals surface area (Å²) in [7, 11) is 0. The molecule has 0 aromatic rings. The van der Waals surface area contributed by atoms with Crippen LogP contribution in [0, 0.1) is 11.3 Å². The number of urea groups is 1. The van der Waals surface area contributed by atoms with Gasteiger partial charge in [-0.15, -0.1) is 0 Å². The first-order valence-corrected chi connectivity index (χ1v) is 7.87. The molecule has 1 heterocycles. The van der Waals surface area contributed by atoms with Crippen LogP contribution in [0.3, 0.4) is 0 Å². The fourth-order valence-electron chi connectivity index (χ4n) is 3.62. The average molecular weight is 280 g/mol. The summed E-state index contributed by atoms with van der Waals surface area (Å²) >= 11 is 0. The summed E-state index contributed by atoms with van der Waals surface area (Å²) in [4.78, 5) is 25.0. The Morgan fingerprint density at radius 1 is 1.20 bits per heavy atom. The van der Waals surface area contributed by atoms with Gasteiger partial charge in [-0.3, -0.25) is 4.79 Å².